The highest BCUT2D eigenvalue weighted by molar-refractivity contribution is 6.40. The molecule has 0 atom stereocenters. The average Bonchev–Trinajstić information content (AvgIpc) is 2.79. The number of carbonyl (C=O) groups is 3. The molecule has 2 aromatic rings. The van der Waals surface area contributed by atoms with E-state index in [4.69, 9.17) is 16.9 Å². The maximum atomic E-state index is 12.6. The van der Waals surface area contributed by atoms with Gasteiger partial charge in [0.1, 0.15) is 11.6 Å². The van der Waals surface area contributed by atoms with Gasteiger partial charge >= 0.3 is 11.8 Å². The third-order valence-electron chi connectivity index (χ3n) is 5.36. The maximum Gasteiger partial charge on any atom is 0.313 e. The van der Waals surface area contributed by atoms with Crippen molar-refractivity contribution in [2.75, 3.05) is 25.0 Å². The molecule has 166 valence electrons. The molecule has 9 nitrogen and oxygen atoms in total. The third-order valence-corrected chi connectivity index (χ3v) is 5.60. The molecule has 0 spiro atoms. The lowest BCUT2D eigenvalue weighted by Gasteiger charge is -2.32. The van der Waals surface area contributed by atoms with E-state index in [2.05, 4.69) is 10.6 Å². The van der Waals surface area contributed by atoms with Crippen LogP contribution in [0.25, 0.3) is 0 Å². The molecule has 3 rings (SSSR count). The summed E-state index contributed by atoms with van der Waals surface area (Å²) < 4.78 is 1.36. The molecule has 0 radical (unpaired) electrons. The Morgan fingerprint density at radius 2 is 1.91 bits per heavy atom. The van der Waals surface area contributed by atoms with E-state index in [-0.39, 0.29) is 40.7 Å². The minimum atomic E-state index is -0.892. The summed E-state index contributed by atoms with van der Waals surface area (Å²) in [5.74, 6) is -1.92. The molecule has 1 saturated heterocycles. The predicted octanol–water partition coefficient (Wildman–Crippen LogP) is 1.52. The number of aromatic nitrogens is 1. The summed E-state index contributed by atoms with van der Waals surface area (Å²) >= 11 is 5.88. The molecule has 32 heavy (non-hydrogen) atoms. The molecule has 10 heteroatoms. The molecule has 1 aliphatic heterocycles. The fourth-order valence-electron chi connectivity index (χ4n) is 3.48. The van der Waals surface area contributed by atoms with Crippen LogP contribution in [0.4, 0.5) is 5.69 Å². The van der Waals surface area contributed by atoms with E-state index in [0.29, 0.717) is 31.0 Å². The molecule has 0 saturated carbocycles. The number of anilines is 1. The summed E-state index contributed by atoms with van der Waals surface area (Å²) in [5.41, 5.74) is 0.160. The van der Waals surface area contributed by atoms with Crippen molar-refractivity contribution in [2.24, 2.45) is 13.0 Å². The van der Waals surface area contributed by atoms with Crippen LogP contribution >= 0.6 is 11.6 Å². The zero-order valence-electron chi connectivity index (χ0n) is 17.4. The highest BCUT2D eigenvalue weighted by atomic mass is 35.5. The standard InChI is InChI=1S/C22H22ClN5O4/c1-27-8-2-3-17(21(27)31)22(32)28-9-6-14(7-10-28)13-25-19(29)20(30)26-18-11-16(23)5-4-15(18)12-24/h2-5,8,11,14H,6-7,9-10,13H2,1H3,(H,25,29)(H,26,30). The number of likely N-dealkylation sites (tertiary alicyclic amines) is 1. The number of nitriles is 1. The van der Waals surface area contributed by atoms with Crippen LogP contribution in [0.1, 0.15) is 28.8 Å². The zero-order valence-corrected chi connectivity index (χ0v) is 18.2. The molecule has 0 aliphatic carbocycles. The second-order valence-electron chi connectivity index (χ2n) is 7.54. The van der Waals surface area contributed by atoms with E-state index in [1.165, 1.54) is 28.8 Å². The number of amides is 3. The summed E-state index contributed by atoms with van der Waals surface area (Å²) in [6.45, 7) is 1.19. The molecular formula is C22H22ClN5O4. The number of pyridine rings is 1. The van der Waals surface area contributed by atoms with Gasteiger partial charge in [-0.2, -0.15) is 5.26 Å². The fraction of sp³-hybridized carbons (Fsp3) is 0.318. The van der Waals surface area contributed by atoms with Crippen LogP contribution in [0, 0.1) is 17.2 Å². The number of hydrogen-bond donors (Lipinski definition) is 2. The Hall–Kier alpha value is -3.64. The molecule has 0 unspecified atom stereocenters. The van der Waals surface area contributed by atoms with Gasteiger partial charge in [0.05, 0.1) is 11.3 Å². The van der Waals surface area contributed by atoms with E-state index in [0.717, 1.165) is 0 Å². The summed E-state index contributed by atoms with van der Waals surface area (Å²) in [7, 11) is 1.59. The van der Waals surface area contributed by atoms with Gasteiger partial charge in [-0.15, -0.1) is 0 Å². The lowest BCUT2D eigenvalue weighted by Crippen LogP contribution is -2.44. The lowest BCUT2D eigenvalue weighted by atomic mass is 9.96. The van der Waals surface area contributed by atoms with Crippen LogP contribution in [0.3, 0.4) is 0 Å². The molecular weight excluding hydrogens is 434 g/mol. The predicted molar refractivity (Wildman–Crippen MR) is 118 cm³/mol. The summed E-state index contributed by atoms with van der Waals surface area (Å²) in [6.07, 6.45) is 2.86. The lowest BCUT2D eigenvalue weighted by molar-refractivity contribution is -0.136. The normalized spacial score (nSPS) is 13.8. The molecule has 0 bridgehead atoms. The van der Waals surface area contributed by atoms with Crippen LogP contribution in [0.2, 0.25) is 5.02 Å². The third kappa shape index (κ3) is 5.34. The number of piperidine rings is 1. The fourth-order valence-corrected chi connectivity index (χ4v) is 3.66. The smallest absolute Gasteiger partial charge is 0.313 e. The minimum Gasteiger partial charge on any atom is -0.348 e. The molecule has 3 amide bonds. The number of carbonyl (C=O) groups excluding carboxylic acids is 3. The monoisotopic (exact) mass is 455 g/mol. The Morgan fingerprint density at radius 1 is 1.19 bits per heavy atom. The maximum absolute atomic E-state index is 12.6. The first-order valence-corrected chi connectivity index (χ1v) is 10.4. The van der Waals surface area contributed by atoms with Crippen molar-refractivity contribution < 1.29 is 14.4 Å². The molecule has 1 aliphatic rings. The van der Waals surface area contributed by atoms with E-state index in [1.54, 1.807) is 24.2 Å². The van der Waals surface area contributed by atoms with Crippen molar-refractivity contribution in [3.63, 3.8) is 0 Å². The van der Waals surface area contributed by atoms with Crippen molar-refractivity contribution in [1.29, 1.82) is 5.26 Å². The van der Waals surface area contributed by atoms with Crippen molar-refractivity contribution >= 4 is 35.0 Å². The van der Waals surface area contributed by atoms with Crippen molar-refractivity contribution in [3.05, 3.63) is 63.0 Å². The Kier molecular flexibility index (Phi) is 7.28. The number of aryl methyl sites for hydroxylation is 1. The molecule has 1 fully saturated rings. The van der Waals surface area contributed by atoms with E-state index in [1.807, 2.05) is 6.07 Å². The van der Waals surface area contributed by atoms with Gasteiger partial charge in [0.15, 0.2) is 0 Å². The first kappa shape index (κ1) is 23.0. The van der Waals surface area contributed by atoms with Crippen molar-refractivity contribution in [2.45, 2.75) is 12.8 Å². The average molecular weight is 456 g/mol. The summed E-state index contributed by atoms with van der Waals surface area (Å²) in [4.78, 5) is 50.7. The van der Waals surface area contributed by atoms with Gasteiger partial charge in [-0.3, -0.25) is 19.2 Å². The number of hydrogen-bond acceptors (Lipinski definition) is 5. The van der Waals surface area contributed by atoms with Gasteiger partial charge in [-0.25, -0.2) is 0 Å². The largest absolute Gasteiger partial charge is 0.348 e. The SMILES string of the molecule is Cn1cccc(C(=O)N2CCC(CNC(=O)C(=O)Nc3cc(Cl)ccc3C#N)CC2)c1=O. The molecule has 2 heterocycles. The van der Waals surface area contributed by atoms with E-state index >= 15 is 0 Å². The zero-order chi connectivity index (χ0) is 23.3. The Labute approximate surface area is 189 Å². The van der Waals surface area contributed by atoms with Gasteiger partial charge in [-0.1, -0.05) is 11.6 Å². The van der Waals surface area contributed by atoms with E-state index < -0.39 is 11.8 Å². The topological polar surface area (TPSA) is 124 Å². The van der Waals surface area contributed by atoms with Crippen LogP contribution in [0.5, 0.6) is 0 Å². The van der Waals surface area contributed by atoms with Crippen LogP contribution < -0.4 is 16.2 Å². The number of benzene rings is 1. The highest BCUT2D eigenvalue weighted by Gasteiger charge is 2.26. The molecule has 1 aromatic carbocycles. The number of halogens is 1. The number of nitrogens with one attached hydrogen (secondary N) is 2. The first-order chi connectivity index (χ1) is 15.3. The van der Waals surface area contributed by atoms with Crippen LogP contribution in [-0.2, 0) is 16.6 Å². The summed E-state index contributed by atoms with van der Waals surface area (Å²) in [5, 5.41) is 14.4. The minimum absolute atomic E-state index is 0.0928. The van der Waals surface area contributed by atoms with Gasteiger partial charge in [0.2, 0.25) is 0 Å². The highest BCUT2D eigenvalue weighted by Crippen LogP contribution is 2.20. The van der Waals surface area contributed by atoms with Gasteiger partial charge in [0, 0.05) is 37.9 Å². The first-order valence-electron chi connectivity index (χ1n) is 10.0. The van der Waals surface area contributed by atoms with Crippen LogP contribution in [0.15, 0.2) is 41.3 Å². The quantitative estimate of drug-likeness (QED) is 0.676. The second-order valence-corrected chi connectivity index (χ2v) is 7.98. The van der Waals surface area contributed by atoms with Gasteiger partial charge in [-0.05, 0) is 49.1 Å². The van der Waals surface area contributed by atoms with Gasteiger partial charge < -0.3 is 20.1 Å². The van der Waals surface area contributed by atoms with Crippen molar-refractivity contribution in [3.8, 4) is 6.07 Å². The number of rotatable bonds is 4. The summed E-state index contributed by atoms with van der Waals surface area (Å²) in [6, 6.07) is 9.47. The Balaban J connectivity index is 1.49. The molecule has 1 aromatic heterocycles. The van der Waals surface area contributed by atoms with Crippen LogP contribution in [-0.4, -0.2) is 46.8 Å². The van der Waals surface area contributed by atoms with Gasteiger partial charge in [0.25, 0.3) is 11.5 Å². The van der Waals surface area contributed by atoms with E-state index in [9.17, 15) is 19.2 Å². The Bertz CT molecular complexity index is 1150. The number of nitrogens with zero attached hydrogens (tertiary/aromatic N) is 3. The Morgan fingerprint density at radius 3 is 2.59 bits per heavy atom. The van der Waals surface area contributed by atoms with Crippen molar-refractivity contribution in [1.82, 2.24) is 14.8 Å². The second kappa shape index (κ2) is 10.1. The molecule has 2 N–H and O–H groups in total.